The van der Waals surface area contributed by atoms with Gasteiger partial charge in [0.1, 0.15) is 6.42 Å². The minimum Gasteiger partial charge on any atom is -0.452 e. The van der Waals surface area contributed by atoms with E-state index in [1.807, 2.05) is 18.4 Å². The normalized spacial score (nSPS) is 9.78. The van der Waals surface area contributed by atoms with Gasteiger partial charge in [0, 0.05) is 10.6 Å². The van der Waals surface area contributed by atoms with Gasteiger partial charge in [-0.25, -0.2) is 4.79 Å². The zero-order valence-corrected chi connectivity index (χ0v) is 15.3. The lowest BCUT2D eigenvalue weighted by Gasteiger charge is -2.10. The third-order valence-electron chi connectivity index (χ3n) is 3.36. The summed E-state index contributed by atoms with van der Waals surface area (Å²) in [6.07, 6.45) is 1.65. The average molecular weight is 383 g/mol. The number of rotatable bonds is 7. The highest BCUT2D eigenvalue weighted by Crippen LogP contribution is 2.24. The molecule has 0 atom stereocenters. The quantitative estimate of drug-likeness (QED) is 0.562. The van der Waals surface area contributed by atoms with Gasteiger partial charge in [0.15, 0.2) is 6.61 Å². The van der Waals surface area contributed by atoms with Crippen molar-refractivity contribution >= 4 is 40.9 Å². The number of thioether (sulfide) groups is 1. The van der Waals surface area contributed by atoms with Gasteiger partial charge in [-0.1, -0.05) is 12.1 Å². The van der Waals surface area contributed by atoms with E-state index in [0.29, 0.717) is 11.4 Å². The van der Waals surface area contributed by atoms with Crippen LogP contribution in [0, 0.1) is 11.3 Å². The lowest BCUT2D eigenvalue weighted by atomic mass is 10.2. The largest absolute Gasteiger partial charge is 0.452 e. The third-order valence-corrected chi connectivity index (χ3v) is 4.16. The van der Waals surface area contributed by atoms with Gasteiger partial charge >= 0.3 is 5.97 Å². The first kappa shape index (κ1) is 20.0. The van der Waals surface area contributed by atoms with Crippen molar-refractivity contribution in [2.24, 2.45) is 0 Å². The van der Waals surface area contributed by atoms with Gasteiger partial charge in [0.2, 0.25) is 5.91 Å². The SMILES string of the molecule is CSc1ccccc1NC(=O)COC(=O)c1ccc(NC(=O)CC#N)cc1. The van der Waals surface area contributed by atoms with Gasteiger partial charge in [0.25, 0.3) is 5.91 Å². The highest BCUT2D eigenvalue weighted by Gasteiger charge is 2.12. The number of carbonyl (C=O) groups excluding carboxylic acids is 3. The molecule has 7 nitrogen and oxygen atoms in total. The number of ether oxygens (including phenoxy) is 1. The van der Waals surface area contributed by atoms with Gasteiger partial charge in [-0.2, -0.15) is 5.26 Å². The monoisotopic (exact) mass is 383 g/mol. The molecule has 0 aliphatic carbocycles. The number of nitriles is 1. The number of para-hydroxylation sites is 1. The van der Waals surface area contributed by atoms with Gasteiger partial charge in [-0.15, -0.1) is 11.8 Å². The molecule has 0 aliphatic rings. The Morgan fingerprint density at radius 1 is 1.04 bits per heavy atom. The Morgan fingerprint density at radius 2 is 1.74 bits per heavy atom. The van der Waals surface area contributed by atoms with Crippen molar-refractivity contribution in [3.8, 4) is 6.07 Å². The van der Waals surface area contributed by atoms with Gasteiger partial charge in [0.05, 0.1) is 17.3 Å². The first-order valence-electron chi connectivity index (χ1n) is 7.90. The van der Waals surface area contributed by atoms with Crippen LogP contribution in [-0.4, -0.2) is 30.6 Å². The number of carbonyl (C=O) groups is 3. The molecule has 0 bridgehead atoms. The number of amides is 2. The van der Waals surface area contributed by atoms with Gasteiger partial charge < -0.3 is 15.4 Å². The Morgan fingerprint density at radius 3 is 2.41 bits per heavy atom. The van der Waals surface area contributed by atoms with Crippen LogP contribution in [0.25, 0.3) is 0 Å². The number of nitrogens with one attached hydrogen (secondary N) is 2. The maximum absolute atomic E-state index is 12.0. The van der Waals surface area contributed by atoms with E-state index in [0.717, 1.165) is 4.90 Å². The number of esters is 1. The van der Waals surface area contributed by atoms with Gasteiger partial charge in [-0.3, -0.25) is 9.59 Å². The van der Waals surface area contributed by atoms with E-state index < -0.39 is 24.4 Å². The smallest absolute Gasteiger partial charge is 0.338 e. The summed E-state index contributed by atoms with van der Waals surface area (Å²) in [5.41, 5.74) is 1.35. The van der Waals surface area contributed by atoms with Crippen LogP contribution in [-0.2, 0) is 14.3 Å². The van der Waals surface area contributed by atoms with Crippen molar-refractivity contribution in [1.82, 2.24) is 0 Å². The Kier molecular flexibility index (Phi) is 7.40. The number of benzene rings is 2. The molecular weight excluding hydrogens is 366 g/mol. The summed E-state index contributed by atoms with van der Waals surface area (Å²) in [4.78, 5) is 36.2. The first-order chi connectivity index (χ1) is 13.0. The molecule has 0 unspecified atom stereocenters. The summed E-state index contributed by atoms with van der Waals surface area (Å²) in [5.74, 6) is -1.53. The fourth-order valence-electron chi connectivity index (χ4n) is 2.12. The Hall–Kier alpha value is -3.31. The van der Waals surface area contributed by atoms with Crippen molar-refractivity contribution in [3.63, 3.8) is 0 Å². The van der Waals surface area contributed by atoms with Crippen LogP contribution in [0.2, 0.25) is 0 Å². The maximum Gasteiger partial charge on any atom is 0.338 e. The summed E-state index contributed by atoms with van der Waals surface area (Å²) in [6, 6.07) is 15.0. The van der Waals surface area contributed by atoms with E-state index in [1.54, 1.807) is 18.2 Å². The van der Waals surface area contributed by atoms with E-state index in [2.05, 4.69) is 10.6 Å². The summed E-state index contributed by atoms with van der Waals surface area (Å²) in [7, 11) is 0. The molecule has 8 heteroatoms. The molecule has 2 amide bonds. The molecule has 0 aliphatic heterocycles. The molecule has 0 fully saturated rings. The molecule has 0 radical (unpaired) electrons. The molecule has 0 aromatic heterocycles. The molecule has 0 spiro atoms. The highest BCUT2D eigenvalue weighted by atomic mass is 32.2. The van der Waals surface area contributed by atoms with E-state index in [1.165, 1.54) is 36.0 Å². The van der Waals surface area contributed by atoms with Crippen molar-refractivity contribution in [3.05, 3.63) is 54.1 Å². The number of hydrogen-bond acceptors (Lipinski definition) is 6. The number of hydrogen-bond donors (Lipinski definition) is 2. The summed E-state index contributed by atoms with van der Waals surface area (Å²) in [6.45, 7) is -0.414. The van der Waals surface area contributed by atoms with Crippen LogP contribution < -0.4 is 10.6 Å². The molecule has 2 N–H and O–H groups in total. The molecule has 138 valence electrons. The van der Waals surface area contributed by atoms with Crippen LogP contribution >= 0.6 is 11.8 Å². The predicted octanol–water partition coefficient (Wildman–Crippen LogP) is 3.06. The second-order valence-electron chi connectivity index (χ2n) is 5.29. The molecule has 2 aromatic carbocycles. The van der Waals surface area contributed by atoms with E-state index in [-0.39, 0.29) is 12.0 Å². The molecule has 2 aromatic rings. The molecule has 0 saturated heterocycles. The Labute approximate surface area is 160 Å². The van der Waals surface area contributed by atoms with Crippen LogP contribution in [0.4, 0.5) is 11.4 Å². The predicted molar refractivity (Wildman–Crippen MR) is 102 cm³/mol. The van der Waals surface area contributed by atoms with Crippen molar-refractivity contribution < 1.29 is 19.1 Å². The van der Waals surface area contributed by atoms with E-state index >= 15 is 0 Å². The van der Waals surface area contributed by atoms with E-state index in [9.17, 15) is 14.4 Å². The molecule has 0 heterocycles. The lowest BCUT2D eigenvalue weighted by Crippen LogP contribution is -2.21. The Bertz CT molecular complexity index is 875. The van der Waals surface area contributed by atoms with Crippen molar-refractivity contribution in [2.45, 2.75) is 11.3 Å². The minimum atomic E-state index is -0.654. The number of nitrogens with zero attached hydrogens (tertiary/aromatic N) is 1. The van der Waals surface area contributed by atoms with E-state index in [4.69, 9.17) is 10.00 Å². The van der Waals surface area contributed by atoms with Crippen molar-refractivity contribution in [1.29, 1.82) is 5.26 Å². The Balaban J connectivity index is 1.87. The fourth-order valence-corrected chi connectivity index (χ4v) is 2.67. The standard InChI is InChI=1S/C19H17N3O4S/c1-27-16-5-3-2-4-15(16)22-18(24)12-26-19(25)13-6-8-14(9-7-13)21-17(23)10-11-20/h2-9H,10,12H2,1H3,(H,21,23)(H,22,24). The zero-order chi connectivity index (χ0) is 19.6. The minimum absolute atomic E-state index is 0.241. The van der Waals surface area contributed by atoms with Crippen LogP contribution in [0.5, 0.6) is 0 Å². The van der Waals surface area contributed by atoms with Crippen molar-refractivity contribution in [2.75, 3.05) is 23.5 Å². The summed E-state index contributed by atoms with van der Waals surface area (Å²) >= 11 is 1.50. The molecular formula is C19H17N3O4S. The zero-order valence-electron chi connectivity index (χ0n) is 14.5. The highest BCUT2D eigenvalue weighted by molar-refractivity contribution is 7.98. The lowest BCUT2D eigenvalue weighted by molar-refractivity contribution is -0.119. The molecule has 0 saturated carbocycles. The first-order valence-corrected chi connectivity index (χ1v) is 9.13. The third kappa shape index (κ3) is 6.17. The number of anilines is 2. The van der Waals surface area contributed by atoms with Gasteiger partial charge in [-0.05, 0) is 42.7 Å². The van der Waals surface area contributed by atoms with Crippen LogP contribution in [0.15, 0.2) is 53.4 Å². The molecule has 27 heavy (non-hydrogen) atoms. The maximum atomic E-state index is 12.0. The van der Waals surface area contributed by atoms with Crippen LogP contribution in [0.1, 0.15) is 16.8 Å². The molecule has 2 rings (SSSR count). The average Bonchev–Trinajstić information content (AvgIpc) is 2.67. The second-order valence-corrected chi connectivity index (χ2v) is 6.13. The fraction of sp³-hybridized carbons (Fsp3) is 0.158. The second kappa shape index (κ2) is 9.99. The summed E-state index contributed by atoms with van der Waals surface area (Å²) in [5, 5.41) is 13.7. The topological polar surface area (TPSA) is 108 Å². The summed E-state index contributed by atoms with van der Waals surface area (Å²) < 4.78 is 5.01. The van der Waals surface area contributed by atoms with Crippen LogP contribution in [0.3, 0.4) is 0 Å².